The van der Waals surface area contributed by atoms with E-state index >= 15 is 0 Å². The molecule has 3 rings (SSSR count). The standard InChI is InChI=1S/C20H28ClN3O5/c1-12-19(25)23(2)8-7-14-5-6-16(27-4)17(29-14)11-28-18-15(20(26)24(12)3)9-13(21)10-22-18/h9-10,12,14,16-17H,5-8,11H2,1-4H3/t12-,14+,16+,17+/m1/s1. The van der Waals surface area contributed by atoms with Gasteiger partial charge in [-0.2, -0.15) is 0 Å². The number of fused-ring (bicyclic) bond motifs is 3. The minimum atomic E-state index is -0.639. The Kier molecular flexibility index (Phi) is 6.97. The smallest absolute Gasteiger partial charge is 0.259 e. The average molecular weight is 426 g/mol. The minimum Gasteiger partial charge on any atom is -0.474 e. The summed E-state index contributed by atoms with van der Waals surface area (Å²) >= 11 is 6.07. The molecule has 0 saturated carbocycles. The molecule has 4 atom stereocenters. The van der Waals surface area contributed by atoms with Crippen molar-refractivity contribution in [2.45, 2.75) is 50.5 Å². The molecular formula is C20H28ClN3O5. The molecule has 0 aliphatic carbocycles. The lowest BCUT2D eigenvalue weighted by atomic mass is 9.99. The van der Waals surface area contributed by atoms with Crippen LogP contribution in [-0.4, -0.2) is 85.3 Å². The molecule has 160 valence electrons. The second-order valence-electron chi connectivity index (χ2n) is 7.61. The van der Waals surface area contributed by atoms with Crippen LogP contribution in [0.25, 0.3) is 0 Å². The number of methoxy groups -OCH3 is 1. The number of rotatable bonds is 1. The highest BCUT2D eigenvalue weighted by Crippen LogP contribution is 2.27. The second kappa shape index (κ2) is 9.28. The van der Waals surface area contributed by atoms with Crippen LogP contribution in [-0.2, 0) is 14.3 Å². The van der Waals surface area contributed by atoms with E-state index in [1.807, 2.05) is 0 Å². The van der Waals surface area contributed by atoms with Crippen LogP contribution >= 0.6 is 11.6 Å². The Labute approximate surface area is 176 Å². The number of hydrogen-bond acceptors (Lipinski definition) is 6. The number of amides is 2. The third-order valence-electron chi connectivity index (χ3n) is 5.71. The first-order valence-electron chi connectivity index (χ1n) is 9.80. The molecule has 1 saturated heterocycles. The van der Waals surface area contributed by atoms with Gasteiger partial charge < -0.3 is 24.0 Å². The van der Waals surface area contributed by atoms with E-state index < -0.39 is 6.04 Å². The number of halogens is 1. The molecule has 0 N–H and O–H groups in total. The summed E-state index contributed by atoms with van der Waals surface area (Å²) in [5.41, 5.74) is 0.209. The van der Waals surface area contributed by atoms with Crippen LogP contribution in [0.1, 0.15) is 36.5 Å². The first-order chi connectivity index (χ1) is 13.8. The quantitative estimate of drug-likeness (QED) is 0.684. The minimum absolute atomic E-state index is 0.0144. The predicted molar refractivity (Wildman–Crippen MR) is 107 cm³/mol. The van der Waals surface area contributed by atoms with Crippen LogP contribution in [0.5, 0.6) is 5.88 Å². The highest BCUT2D eigenvalue weighted by molar-refractivity contribution is 6.30. The number of nitrogens with zero attached hydrogens (tertiary/aromatic N) is 3. The topological polar surface area (TPSA) is 81.2 Å². The second-order valence-corrected chi connectivity index (χ2v) is 8.04. The van der Waals surface area contributed by atoms with Gasteiger partial charge in [-0.05, 0) is 32.3 Å². The summed E-state index contributed by atoms with van der Waals surface area (Å²) in [6, 6.07) is 0.869. The number of ether oxygens (including phenoxy) is 3. The molecule has 0 radical (unpaired) electrons. The predicted octanol–water partition coefficient (Wildman–Crippen LogP) is 2.00. The first-order valence-corrected chi connectivity index (χ1v) is 10.2. The lowest BCUT2D eigenvalue weighted by Crippen LogP contribution is -2.48. The Morgan fingerprint density at radius 3 is 2.72 bits per heavy atom. The van der Waals surface area contributed by atoms with Gasteiger partial charge in [0.2, 0.25) is 11.8 Å². The van der Waals surface area contributed by atoms with Crippen LogP contribution in [0.3, 0.4) is 0 Å². The van der Waals surface area contributed by atoms with Crippen LogP contribution in [0.4, 0.5) is 0 Å². The van der Waals surface area contributed by atoms with E-state index in [1.165, 1.54) is 17.2 Å². The van der Waals surface area contributed by atoms with Crippen LogP contribution in [0, 0.1) is 0 Å². The molecule has 0 spiro atoms. The molecule has 29 heavy (non-hydrogen) atoms. The molecule has 2 aliphatic heterocycles. The molecular weight excluding hydrogens is 398 g/mol. The van der Waals surface area contributed by atoms with Crippen molar-refractivity contribution >= 4 is 23.4 Å². The molecule has 2 amide bonds. The monoisotopic (exact) mass is 425 g/mol. The molecule has 2 bridgehead atoms. The number of aromatic nitrogens is 1. The van der Waals surface area contributed by atoms with Gasteiger partial charge in [0.15, 0.2) is 0 Å². The zero-order valence-corrected chi connectivity index (χ0v) is 18.0. The molecule has 1 aromatic heterocycles. The maximum absolute atomic E-state index is 13.1. The molecule has 1 fully saturated rings. The van der Waals surface area contributed by atoms with E-state index in [4.69, 9.17) is 25.8 Å². The molecule has 0 unspecified atom stereocenters. The van der Waals surface area contributed by atoms with Crippen LogP contribution in [0.2, 0.25) is 5.02 Å². The zero-order valence-electron chi connectivity index (χ0n) is 17.3. The lowest BCUT2D eigenvalue weighted by Gasteiger charge is -2.37. The number of likely N-dealkylation sites (N-methyl/N-ethyl adjacent to an activating group) is 2. The third-order valence-corrected chi connectivity index (χ3v) is 5.92. The van der Waals surface area contributed by atoms with Gasteiger partial charge in [-0.15, -0.1) is 0 Å². The largest absolute Gasteiger partial charge is 0.474 e. The molecule has 2 aliphatic rings. The van der Waals surface area contributed by atoms with Crippen LogP contribution < -0.4 is 4.74 Å². The van der Waals surface area contributed by atoms with E-state index in [-0.39, 0.29) is 48.2 Å². The normalized spacial score (nSPS) is 29.1. The summed E-state index contributed by atoms with van der Waals surface area (Å²) < 4.78 is 17.6. The zero-order chi connectivity index (χ0) is 21.1. The average Bonchev–Trinajstić information content (AvgIpc) is 2.73. The van der Waals surface area contributed by atoms with E-state index in [0.717, 1.165) is 12.8 Å². The fourth-order valence-electron chi connectivity index (χ4n) is 3.72. The number of hydrogen-bond donors (Lipinski definition) is 0. The van der Waals surface area contributed by atoms with Gasteiger partial charge in [-0.3, -0.25) is 9.59 Å². The summed E-state index contributed by atoms with van der Waals surface area (Å²) in [6.45, 7) is 2.46. The third kappa shape index (κ3) is 4.82. The van der Waals surface area contributed by atoms with Gasteiger partial charge in [0, 0.05) is 33.9 Å². The van der Waals surface area contributed by atoms with Crippen molar-refractivity contribution in [2.24, 2.45) is 0 Å². The lowest BCUT2D eigenvalue weighted by molar-refractivity contribution is -0.146. The molecule has 9 heteroatoms. The summed E-state index contributed by atoms with van der Waals surface area (Å²) in [6.07, 6.45) is 3.45. The highest BCUT2D eigenvalue weighted by Gasteiger charge is 2.34. The van der Waals surface area contributed by atoms with Crippen LogP contribution in [0.15, 0.2) is 12.3 Å². The summed E-state index contributed by atoms with van der Waals surface area (Å²) in [7, 11) is 4.99. The van der Waals surface area contributed by atoms with E-state index in [0.29, 0.717) is 18.0 Å². The Morgan fingerprint density at radius 1 is 1.24 bits per heavy atom. The fraction of sp³-hybridized carbons (Fsp3) is 0.650. The van der Waals surface area contributed by atoms with Crippen molar-refractivity contribution < 1.29 is 23.8 Å². The number of pyridine rings is 1. The number of carbonyl (C=O) groups is 2. The van der Waals surface area contributed by atoms with Gasteiger partial charge in [0.05, 0.1) is 17.2 Å². The number of carbonyl (C=O) groups excluding carboxylic acids is 2. The summed E-state index contributed by atoms with van der Waals surface area (Å²) in [5.74, 6) is -0.360. The van der Waals surface area contributed by atoms with E-state index in [1.54, 1.807) is 33.0 Å². The van der Waals surface area contributed by atoms with Gasteiger partial charge in [-0.1, -0.05) is 11.6 Å². The Morgan fingerprint density at radius 2 is 2.00 bits per heavy atom. The maximum Gasteiger partial charge on any atom is 0.259 e. The maximum atomic E-state index is 13.1. The van der Waals surface area contributed by atoms with Crippen molar-refractivity contribution in [2.75, 3.05) is 34.4 Å². The Balaban J connectivity index is 1.95. The van der Waals surface area contributed by atoms with Gasteiger partial charge in [0.25, 0.3) is 5.91 Å². The molecule has 3 heterocycles. The van der Waals surface area contributed by atoms with Gasteiger partial charge >= 0.3 is 0 Å². The summed E-state index contributed by atoms with van der Waals surface area (Å²) in [5, 5.41) is 0.315. The van der Waals surface area contributed by atoms with Crippen molar-refractivity contribution in [3.63, 3.8) is 0 Å². The van der Waals surface area contributed by atoms with Crippen molar-refractivity contribution in [1.82, 2.24) is 14.8 Å². The molecule has 0 aromatic carbocycles. The Hall–Kier alpha value is -1.90. The van der Waals surface area contributed by atoms with Gasteiger partial charge in [-0.25, -0.2) is 4.98 Å². The SMILES string of the molecule is CO[C@H]1CC[C@H]2CCN(C)C(=O)[C@@H](C)N(C)C(=O)c3cc(Cl)cnc3OC[C@@H]1O2. The van der Waals surface area contributed by atoms with Crippen molar-refractivity contribution in [3.8, 4) is 5.88 Å². The highest BCUT2D eigenvalue weighted by atomic mass is 35.5. The van der Waals surface area contributed by atoms with Gasteiger partial charge in [0.1, 0.15) is 24.3 Å². The molecule has 1 aromatic rings. The summed E-state index contributed by atoms with van der Waals surface area (Å²) in [4.78, 5) is 33.1. The fourth-order valence-corrected chi connectivity index (χ4v) is 3.88. The van der Waals surface area contributed by atoms with Crippen molar-refractivity contribution in [1.29, 1.82) is 0 Å². The van der Waals surface area contributed by atoms with Crippen molar-refractivity contribution in [3.05, 3.63) is 22.8 Å². The molecule has 8 nitrogen and oxygen atoms in total. The Bertz CT molecular complexity index is 762. The first kappa shape index (κ1) is 21.8. The van der Waals surface area contributed by atoms with E-state index in [9.17, 15) is 9.59 Å². The van der Waals surface area contributed by atoms with E-state index in [2.05, 4.69) is 4.98 Å².